The zero-order valence-electron chi connectivity index (χ0n) is 12.4. The molecule has 0 unspecified atom stereocenters. The predicted molar refractivity (Wildman–Crippen MR) is 83.3 cm³/mol. The van der Waals surface area contributed by atoms with Gasteiger partial charge < -0.3 is 10.2 Å². The Morgan fingerprint density at radius 1 is 1.38 bits per heavy atom. The summed E-state index contributed by atoms with van der Waals surface area (Å²) in [5.74, 6) is -0.0682. The van der Waals surface area contributed by atoms with E-state index >= 15 is 0 Å². The summed E-state index contributed by atoms with van der Waals surface area (Å²) in [6.07, 6.45) is 3.23. The van der Waals surface area contributed by atoms with E-state index in [9.17, 15) is 4.79 Å². The largest absolute Gasteiger partial charge is 0.348 e. The summed E-state index contributed by atoms with van der Waals surface area (Å²) >= 11 is 0. The van der Waals surface area contributed by atoms with Gasteiger partial charge in [-0.1, -0.05) is 25.1 Å². The van der Waals surface area contributed by atoms with Crippen LogP contribution in [0.5, 0.6) is 0 Å². The zero-order valence-corrected chi connectivity index (χ0v) is 12.4. The van der Waals surface area contributed by atoms with Crippen LogP contribution in [-0.4, -0.2) is 46.7 Å². The van der Waals surface area contributed by atoms with Crippen molar-refractivity contribution in [3.8, 4) is 0 Å². The molecule has 5 nitrogen and oxygen atoms in total. The van der Waals surface area contributed by atoms with Crippen molar-refractivity contribution in [2.75, 3.05) is 19.6 Å². The van der Waals surface area contributed by atoms with Gasteiger partial charge in [-0.15, -0.1) is 0 Å². The third-order valence-electron chi connectivity index (χ3n) is 4.15. The molecule has 0 saturated carbocycles. The second kappa shape index (κ2) is 6.26. The lowest BCUT2D eigenvalue weighted by atomic mass is 10.0. The molecule has 2 aromatic rings. The maximum atomic E-state index is 12.4. The lowest BCUT2D eigenvalue weighted by molar-refractivity contribution is 0.0907. The lowest BCUT2D eigenvalue weighted by Gasteiger charge is -2.31. The molecule has 21 heavy (non-hydrogen) atoms. The summed E-state index contributed by atoms with van der Waals surface area (Å²) < 4.78 is 0. The van der Waals surface area contributed by atoms with Crippen molar-refractivity contribution >= 4 is 16.8 Å². The van der Waals surface area contributed by atoms with E-state index in [1.54, 1.807) is 0 Å². The fraction of sp³-hybridized carbons (Fsp3) is 0.500. The lowest BCUT2D eigenvalue weighted by Crippen LogP contribution is -2.44. The first-order valence-electron chi connectivity index (χ1n) is 7.74. The number of nitrogens with zero attached hydrogens (tertiary/aromatic N) is 2. The summed E-state index contributed by atoms with van der Waals surface area (Å²) in [6, 6.07) is 7.99. The number of nitrogens with one attached hydrogen (secondary N) is 2. The Balaban J connectivity index is 1.62. The van der Waals surface area contributed by atoms with Gasteiger partial charge in [0.1, 0.15) is 0 Å². The number of aromatic amines is 1. The fourth-order valence-corrected chi connectivity index (χ4v) is 3.01. The maximum absolute atomic E-state index is 12.4. The number of hydrogen-bond donors (Lipinski definition) is 2. The van der Waals surface area contributed by atoms with E-state index < -0.39 is 0 Å². The van der Waals surface area contributed by atoms with Gasteiger partial charge >= 0.3 is 0 Å². The first-order valence-corrected chi connectivity index (χ1v) is 7.74. The van der Waals surface area contributed by atoms with E-state index in [4.69, 9.17) is 0 Å². The van der Waals surface area contributed by atoms with Crippen molar-refractivity contribution in [1.29, 1.82) is 0 Å². The van der Waals surface area contributed by atoms with Crippen LogP contribution in [0, 0.1) is 0 Å². The number of amides is 1. The number of rotatable bonds is 4. The molecule has 112 valence electrons. The van der Waals surface area contributed by atoms with Crippen LogP contribution in [0.4, 0.5) is 0 Å². The maximum Gasteiger partial charge on any atom is 0.272 e. The summed E-state index contributed by atoms with van der Waals surface area (Å²) in [7, 11) is 0. The SMILES string of the molecule is CCCN1CCC(NC(=O)c2n[nH]c3ccccc23)CC1. The van der Waals surface area contributed by atoms with Crippen LogP contribution in [0.15, 0.2) is 24.3 Å². The molecular weight excluding hydrogens is 264 g/mol. The molecule has 1 saturated heterocycles. The summed E-state index contributed by atoms with van der Waals surface area (Å²) in [6.45, 7) is 5.50. The number of benzene rings is 1. The molecular formula is C16H22N4O. The molecule has 2 heterocycles. The molecule has 1 aliphatic rings. The molecule has 5 heteroatoms. The molecule has 0 radical (unpaired) electrons. The van der Waals surface area contributed by atoms with Crippen LogP contribution in [0.1, 0.15) is 36.7 Å². The minimum absolute atomic E-state index is 0.0682. The van der Waals surface area contributed by atoms with E-state index in [-0.39, 0.29) is 11.9 Å². The highest BCUT2D eigenvalue weighted by atomic mass is 16.2. The molecule has 0 bridgehead atoms. The molecule has 1 aliphatic heterocycles. The molecule has 1 amide bonds. The Bertz CT molecular complexity index is 614. The van der Waals surface area contributed by atoms with E-state index in [0.717, 1.165) is 43.4 Å². The van der Waals surface area contributed by atoms with Crippen molar-refractivity contribution < 1.29 is 4.79 Å². The first kappa shape index (κ1) is 14.1. The topological polar surface area (TPSA) is 61.0 Å². The van der Waals surface area contributed by atoms with Crippen LogP contribution >= 0.6 is 0 Å². The van der Waals surface area contributed by atoms with Gasteiger partial charge in [0.2, 0.25) is 0 Å². The highest BCUT2D eigenvalue weighted by Gasteiger charge is 2.22. The third kappa shape index (κ3) is 3.08. The molecule has 0 aliphatic carbocycles. The highest BCUT2D eigenvalue weighted by Crippen LogP contribution is 2.16. The molecule has 1 fully saturated rings. The summed E-state index contributed by atoms with van der Waals surface area (Å²) in [5.41, 5.74) is 1.40. The van der Waals surface area contributed by atoms with Gasteiger partial charge in [0.25, 0.3) is 5.91 Å². The number of aromatic nitrogens is 2. The third-order valence-corrected chi connectivity index (χ3v) is 4.15. The van der Waals surface area contributed by atoms with Crippen LogP contribution in [0.25, 0.3) is 10.9 Å². The van der Waals surface area contributed by atoms with Crippen LogP contribution in [0.3, 0.4) is 0 Å². The molecule has 1 aromatic heterocycles. The predicted octanol–water partition coefficient (Wildman–Crippen LogP) is 2.17. The fourth-order valence-electron chi connectivity index (χ4n) is 3.01. The average molecular weight is 286 g/mol. The smallest absolute Gasteiger partial charge is 0.272 e. The minimum Gasteiger partial charge on any atom is -0.348 e. The van der Waals surface area contributed by atoms with E-state index in [1.807, 2.05) is 24.3 Å². The number of carbonyl (C=O) groups excluding carboxylic acids is 1. The van der Waals surface area contributed by atoms with Crippen molar-refractivity contribution in [2.24, 2.45) is 0 Å². The van der Waals surface area contributed by atoms with Gasteiger partial charge in [-0.25, -0.2) is 0 Å². The first-order chi connectivity index (χ1) is 10.3. The number of carbonyl (C=O) groups is 1. The number of fused-ring (bicyclic) bond motifs is 1. The van der Waals surface area contributed by atoms with Crippen molar-refractivity contribution in [1.82, 2.24) is 20.4 Å². The summed E-state index contributed by atoms with van der Waals surface area (Å²) in [4.78, 5) is 14.9. The van der Waals surface area contributed by atoms with Crippen LogP contribution < -0.4 is 5.32 Å². The Kier molecular flexibility index (Phi) is 4.20. The van der Waals surface area contributed by atoms with E-state index in [1.165, 1.54) is 6.42 Å². The molecule has 2 N–H and O–H groups in total. The van der Waals surface area contributed by atoms with Crippen molar-refractivity contribution in [3.05, 3.63) is 30.0 Å². The normalized spacial score (nSPS) is 17.2. The quantitative estimate of drug-likeness (QED) is 0.905. The highest BCUT2D eigenvalue weighted by molar-refractivity contribution is 6.04. The minimum atomic E-state index is -0.0682. The van der Waals surface area contributed by atoms with Crippen molar-refractivity contribution in [2.45, 2.75) is 32.2 Å². The molecule has 3 rings (SSSR count). The van der Waals surface area contributed by atoms with Gasteiger partial charge in [0.15, 0.2) is 5.69 Å². The molecule has 0 atom stereocenters. The van der Waals surface area contributed by atoms with Gasteiger partial charge in [0.05, 0.1) is 5.52 Å². The second-order valence-corrected chi connectivity index (χ2v) is 5.71. The summed E-state index contributed by atoms with van der Waals surface area (Å²) in [5, 5.41) is 11.1. The Hall–Kier alpha value is -1.88. The Morgan fingerprint density at radius 3 is 2.90 bits per heavy atom. The monoisotopic (exact) mass is 286 g/mol. The average Bonchev–Trinajstić information content (AvgIpc) is 2.93. The number of hydrogen-bond acceptors (Lipinski definition) is 3. The van der Waals surface area contributed by atoms with Crippen molar-refractivity contribution in [3.63, 3.8) is 0 Å². The van der Waals surface area contributed by atoms with Gasteiger partial charge in [-0.05, 0) is 31.9 Å². The molecule has 0 spiro atoms. The van der Waals surface area contributed by atoms with Gasteiger partial charge in [-0.3, -0.25) is 9.89 Å². The van der Waals surface area contributed by atoms with Crippen LogP contribution in [0.2, 0.25) is 0 Å². The standard InChI is InChI=1S/C16H22N4O/c1-2-9-20-10-7-12(8-11-20)17-16(21)15-13-5-3-4-6-14(13)18-19-15/h3-6,12H,2,7-11H2,1H3,(H,17,21)(H,18,19). The van der Waals surface area contributed by atoms with Gasteiger partial charge in [-0.2, -0.15) is 5.10 Å². The number of H-pyrrole nitrogens is 1. The second-order valence-electron chi connectivity index (χ2n) is 5.71. The zero-order chi connectivity index (χ0) is 14.7. The van der Waals surface area contributed by atoms with E-state index in [0.29, 0.717) is 5.69 Å². The Morgan fingerprint density at radius 2 is 2.14 bits per heavy atom. The number of likely N-dealkylation sites (tertiary alicyclic amines) is 1. The number of para-hydroxylation sites is 1. The Labute approximate surface area is 124 Å². The van der Waals surface area contributed by atoms with Crippen LogP contribution in [-0.2, 0) is 0 Å². The van der Waals surface area contributed by atoms with Gasteiger partial charge in [0, 0.05) is 24.5 Å². The molecule has 1 aromatic carbocycles. The number of piperidine rings is 1. The van der Waals surface area contributed by atoms with E-state index in [2.05, 4.69) is 27.3 Å².